The molecule has 1 aromatic carbocycles. The Morgan fingerprint density at radius 2 is 1.96 bits per heavy atom. The van der Waals surface area contributed by atoms with Crippen LogP contribution in [0, 0.1) is 5.82 Å². The number of aromatic nitrogens is 2. The first-order valence-electron chi connectivity index (χ1n) is 7.64. The molecule has 6 nitrogen and oxygen atoms in total. The smallest absolute Gasteiger partial charge is 0.358 e. The largest absolute Gasteiger partial charge is 0.464 e. The third-order valence-electron chi connectivity index (χ3n) is 3.87. The number of anilines is 1. The molecule has 7 heteroatoms. The van der Waals surface area contributed by atoms with Gasteiger partial charge >= 0.3 is 5.97 Å². The number of nitrogens with zero attached hydrogens (tertiary/aromatic N) is 3. The number of hydrogen-bond donors (Lipinski definition) is 0. The highest BCUT2D eigenvalue weighted by molar-refractivity contribution is 5.86. The molecule has 2 heterocycles. The first-order valence-corrected chi connectivity index (χ1v) is 7.64. The molecule has 1 saturated heterocycles. The van der Waals surface area contributed by atoms with Crippen LogP contribution in [0.1, 0.15) is 29.1 Å². The Bertz CT molecular complexity index is 706. The lowest BCUT2D eigenvalue weighted by Crippen LogP contribution is -2.43. The van der Waals surface area contributed by atoms with Crippen LogP contribution in [0.2, 0.25) is 0 Å². The Balaban J connectivity index is 1.78. The van der Waals surface area contributed by atoms with Crippen molar-refractivity contribution in [3.63, 3.8) is 0 Å². The second-order valence-corrected chi connectivity index (χ2v) is 5.66. The van der Waals surface area contributed by atoms with Crippen LogP contribution in [0.4, 0.5) is 10.2 Å². The Labute approximate surface area is 139 Å². The van der Waals surface area contributed by atoms with Gasteiger partial charge in [0, 0.05) is 13.1 Å². The Morgan fingerprint density at radius 3 is 2.58 bits per heavy atom. The van der Waals surface area contributed by atoms with Crippen LogP contribution >= 0.6 is 0 Å². The zero-order valence-electron chi connectivity index (χ0n) is 13.5. The van der Waals surface area contributed by atoms with Crippen molar-refractivity contribution >= 4 is 11.8 Å². The third-order valence-corrected chi connectivity index (χ3v) is 3.87. The summed E-state index contributed by atoms with van der Waals surface area (Å²) in [4.78, 5) is 13.5. The lowest BCUT2D eigenvalue weighted by molar-refractivity contribution is -0.0176. The fourth-order valence-electron chi connectivity index (χ4n) is 2.71. The van der Waals surface area contributed by atoms with Crippen LogP contribution in [0.15, 0.2) is 36.4 Å². The number of esters is 1. The van der Waals surface area contributed by atoms with Gasteiger partial charge in [-0.05, 0) is 36.8 Å². The molecular weight excluding hydrogens is 313 g/mol. The Hall–Kier alpha value is -2.54. The number of hydrogen-bond acceptors (Lipinski definition) is 6. The Morgan fingerprint density at radius 1 is 1.21 bits per heavy atom. The summed E-state index contributed by atoms with van der Waals surface area (Å²) in [5, 5.41) is 8.01. The monoisotopic (exact) mass is 331 g/mol. The van der Waals surface area contributed by atoms with Gasteiger partial charge in [0.05, 0.1) is 13.2 Å². The average molecular weight is 331 g/mol. The maximum atomic E-state index is 13.1. The number of rotatable bonds is 3. The summed E-state index contributed by atoms with van der Waals surface area (Å²) in [5.74, 6) is -0.137. The SMILES string of the molecule is COC(=O)c1ccc(N2CC(C)OC(c3ccc(F)cc3)C2)nn1. The van der Waals surface area contributed by atoms with Crippen molar-refractivity contribution in [3.8, 4) is 0 Å². The average Bonchev–Trinajstić information content (AvgIpc) is 2.61. The second-order valence-electron chi connectivity index (χ2n) is 5.66. The molecule has 1 aromatic heterocycles. The van der Waals surface area contributed by atoms with Crippen molar-refractivity contribution in [3.05, 3.63) is 53.5 Å². The molecule has 0 amide bonds. The highest BCUT2D eigenvalue weighted by Crippen LogP contribution is 2.27. The van der Waals surface area contributed by atoms with Gasteiger partial charge in [0.15, 0.2) is 11.5 Å². The van der Waals surface area contributed by atoms with Crippen molar-refractivity contribution in [1.29, 1.82) is 0 Å². The molecule has 2 unspecified atom stereocenters. The van der Waals surface area contributed by atoms with Crippen LogP contribution in [-0.4, -0.2) is 42.5 Å². The molecule has 0 bridgehead atoms. The molecule has 0 radical (unpaired) electrons. The number of methoxy groups -OCH3 is 1. The molecule has 1 aliphatic heterocycles. The van der Waals surface area contributed by atoms with Gasteiger partial charge in [0.2, 0.25) is 0 Å². The minimum atomic E-state index is -0.520. The van der Waals surface area contributed by atoms with Gasteiger partial charge in [-0.1, -0.05) is 12.1 Å². The molecule has 0 saturated carbocycles. The van der Waals surface area contributed by atoms with Crippen molar-refractivity contribution in [2.45, 2.75) is 19.1 Å². The van der Waals surface area contributed by atoms with Crippen LogP contribution < -0.4 is 4.90 Å². The molecule has 0 aliphatic carbocycles. The minimum Gasteiger partial charge on any atom is -0.464 e. The first-order chi connectivity index (χ1) is 11.6. The lowest BCUT2D eigenvalue weighted by atomic mass is 10.1. The molecular formula is C17H18FN3O3. The van der Waals surface area contributed by atoms with Crippen molar-refractivity contribution < 1.29 is 18.7 Å². The van der Waals surface area contributed by atoms with Crippen LogP contribution in [0.3, 0.4) is 0 Å². The predicted octanol–water partition coefficient (Wildman–Crippen LogP) is 2.37. The van der Waals surface area contributed by atoms with E-state index >= 15 is 0 Å². The highest BCUT2D eigenvalue weighted by atomic mass is 19.1. The molecule has 3 rings (SSSR count). The molecule has 1 aliphatic rings. The summed E-state index contributed by atoms with van der Waals surface area (Å²) < 4.78 is 23.7. The standard InChI is InChI=1S/C17H18FN3O3/c1-11-9-21(16-8-7-14(19-20-16)17(22)23-2)10-15(24-11)12-3-5-13(18)6-4-12/h3-8,11,15H,9-10H2,1-2H3. The molecule has 0 N–H and O–H groups in total. The van der Waals surface area contributed by atoms with Crippen molar-refractivity contribution in [2.75, 3.05) is 25.1 Å². The maximum Gasteiger partial charge on any atom is 0.358 e. The van der Waals surface area contributed by atoms with E-state index in [2.05, 4.69) is 14.9 Å². The van der Waals surface area contributed by atoms with E-state index in [4.69, 9.17) is 4.74 Å². The minimum absolute atomic E-state index is 0.0177. The van der Waals surface area contributed by atoms with Crippen molar-refractivity contribution in [1.82, 2.24) is 10.2 Å². The van der Waals surface area contributed by atoms with E-state index in [1.54, 1.807) is 24.3 Å². The molecule has 1 fully saturated rings. The van der Waals surface area contributed by atoms with Crippen LogP contribution in [0.5, 0.6) is 0 Å². The third kappa shape index (κ3) is 3.51. The summed E-state index contributed by atoms with van der Waals surface area (Å²) in [7, 11) is 1.30. The van der Waals surface area contributed by atoms with Gasteiger partial charge < -0.3 is 14.4 Å². The highest BCUT2D eigenvalue weighted by Gasteiger charge is 2.27. The summed E-state index contributed by atoms with van der Waals surface area (Å²) >= 11 is 0. The number of morpholine rings is 1. The quantitative estimate of drug-likeness (QED) is 0.805. The number of benzene rings is 1. The van der Waals surface area contributed by atoms with E-state index in [1.165, 1.54) is 19.2 Å². The van der Waals surface area contributed by atoms with E-state index in [9.17, 15) is 9.18 Å². The molecule has 0 spiro atoms. The van der Waals surface area contributed by atoms with Gasteiger partial charge in [-0.2, -0.15) is 0 Å². The van der Waals surface area contributed by atoms with Gasteiger partial charge in [0.25, 0.3) is 0 Å². The maximum absolute atomic E-state index is 13.1. The van der Waals surface area contributed by atoms with Gasteiger partial charge in [-0.3, -0.25) is 0 Å². The zero-order chi connectivity index (χ0) is 17.1. The summed E-state index contributed by atoms with van der Waals surface area (Å²) in [6.07, 6.45) is -0.202. The summed E-state index contributed by atoms with van der Waals surface area (Å²) in [6.45, 7) is 3.20. The molecule has 126 valence electrons. The number of ether oxygens (including phenoxy) is 2. The number of carbonyl (C=O) groups is 1. The van der Waals surface area contributed by atoms with Gasteiger partial charge in [0.1, 0.15) is 11.9 Å². The van der Waals surface area contributed by atoms with Crippen LogP contribution in [0.25, 0.3) is 0 Å². The molecule has 2 atom stereocenters. The second kappa shape index (κ2) is 6.92. The van der Waals surface area contributed by atoms with Gasteiger partial charge in [-0.25, -0.2) is 9.18 Å². The van der Waals surface area contributed by atoms with E-state index < -0.39 is 5.97 Å². The normalized spacial score (nSPS) is 20.7. The topological polar surface area (TPSA) is 64.5 Å². The first kappa shape index (κ1) is 16.3. The number of carbonyl (C=O) groups excluding carboxylic acids is 1. The Kier molecular flexibility index (Phi) is 4.71. The van der Waals surface area contributed by atoms with E-state index in [0.29, 0.717) is 18.9 Å². The molecule has 2 aromatic rings. The van der Waals surface area contributed by atoms with Crippen molar-refractivity contribution in [2.24, 2.45) is 0 Å². The zero-order valence-corrected chi connectivity index (χ0v) is 13.5. The lowest BCUT2D eigenvalue weighted by Gasteiger charge is -2.37. The molecule has 24 heavy (non-hydrogen) atoms. The number of halogens is 1. The van der Waals surface area contributed by atoms with Crippen LogP contribution in [-0.2, 0) is 9.47 Å². The fraction of sp³-hybridized carbons (Fsp3) is 0.353. The summed E-state index contributed by atoms with van der Waals surface area (Å²) in [6, 6.07) is 9.62. The fourth-order valence-corrected chi connectivity index (χ4v) is 2.71. The van der Waals surface area contributed by atoms with E-state index in [1.807, 2.05) is 11.8 Å². The summed E-state index contributed by atoms with van der Waals surface area (Å²) in [5.41, 5.74) is 1.07. The van der Waals surface area contributed by atoms with E-state index in [-0.39, 0.29) is 23.7 Å². The van der Waals surface area contributed by atoms with Gasteiger partial charge in [-0.15, -0.1) is 10.2 Å². The predicted molar refractivity (Wildman–Crippen MR) is 85.3 cm³/mol. The van der Waals surface area contributed by atoms with E-state index in [0.717, 1.165) is 5.56 Å².